The summed E-state index contributed by atoms with van der Waals surface area (Å²) >= 11 is 0. The molecule has 0 aromatic carbocycles. The van der Waals surface area contributed by atoms with E-state index in [1.54, 1.807) is 4.90 Å². The Balaban J connectivity index is 1.34. The van der Waals surface area contributed by atoms with Gasteiger partial charge in [-0.1, -0.05) is 6.92 Å². The molecule has 134 valence electrons. The van der Waals surface area contributed by atoms with E-state index in [2.05, 4.69) is 15.6 Å². The normalized spacial score (nSPS) is 33.6. The molecular formula is C17H21FN4O3. The quantitative estimate of drug-likeness (QED) is 0.731. The highest BCUT2D eigenvalue weighted by atomic mass is 19.1. The Morgan fingerprint density at radius 3 is 2.80 bits per heavy atom. The molecule has 1 saturated carbocycles. The first-order valence-electron chi connectivity index (χ1n) is 8.65. The number of aromatic amines is 1. The maximum Gasteiger partial charge on any atom is 0.270 e. The Hall–Kier alpha value is -2.38. The highest BCUT2D eigenvalue weighted by molar-refractivity contribution is 5.93. The molecule has 3 aliphatic rings. The van der Waals surface area contributed by atoms with Gasteiger partial charge < -0.3 is 20.5 Å². The maximum absolute atomic E-state index is 13.1. The molecule has 1 aromatic heterocycles. The van der Waals surface area contributed by atoms with Crippen LogP contribution in [0.4, 0.5) is 4.39 Å². The molecule has 1 aromatic rings. The van der Waals surface area contributed by atoms with Crippen molar-refractivity contribution in [1.82, 2.24) is 20.5 Å². The summed E-state index contributed by atoms with van der Waals surface area (Å²) in [6, 6.07) is 0.763. The Morgan fingerprint density at radius 2 is 2.16 bits per heavy atom. The summed E-state index contributed by atoms with van der Waals surface area (Å²) in [7, 11) is 0. The Labute approximate surface area is 144 Å². The zero-order chi connectivity index (χ0) is 17.7. The fourth-order valence-electron chi connectivity index (χ4n) is 4.28. The number of H-pyrrole nitrogens is 1. The Bertz CT molecular complexity index is 733. The number of hydrogen-bond donors (Lipinski definition) is 3. The standard InChI is InChI=1S/C17H21FN4O3/c1-8-2-14(23)21-15(8)16(24)20-12-3-9-6-22(7-11(9)12)17(25)13-4-10(18)5-19-13/h4-5,8-9,11-12,15,19H,2-3,6-7H2,1H3,(H,20,24)(H,21,23). The third-order valence-electron chi connectivity index (χ3n) is 5.73. The van der Waals surface area contributed by atoms with Gasteiger partial charge in [-0.2, -0.15) is 0 Å². The lowest BCUT2D eigenvalue weighted by Gasteiger charge is -2.40. The number of aromatic nitrogens is 1. The first kappa shape index (κ1) is 16.1. The summed E-state index contributed by atoms with van der Waals surface area (Å²) in [5.41, 5.74) is 0.252. The fourth-order valence-corrected chi connectivity index (χ4v) is 4.28. The van der Waals surface area contributed by atoms with E-state index in [1.165, 1.54) is 6.07 Å². The number of rotatable bonds is 3. The molecule has 5 atom stereocenters. The highest BCUT2D eigenvalue weighted by Gasteiger charge is 2.49. The molecule has 3 N–H and O–H groups in total. The van der Waals surface area contributed by atoms with Crippen molar-refractivity contribution in [3.8, 4) is 0 Å². The van der Waals surface area contributed by atoms with Gasteiger partial charge >= 0.3 is 0 Å². The first-order chi connectivity index (χ1) is 11.9. The average Bonchev–Trinajstić information content (AvgIpc) is 3.22. The summed E-state index contributed by atoms with van der Waals surface area (Å²) in [5, 5.41) is 5.74. The molecule has 5 unspecified atom stereocenters. The van der Waals surface area contributed by atoms with Gasteiger partial charge in [0.2, 0.25) is 11.8 Å². The van der Waals surface area contributed by atoms with Gasteiger partial charge in [0.25, 0.3) is 5.91 Å². The van der Waals surface area contributed by atoms with Crippen molar-refractivity contribution in [3.05, 3.63) is 23.8 Å². The minimum atomic E-state index is -0.465. The molecule has 8 heteroatoms. The number of nitrogens with zero attached hydrogens (tertiary/aromatic N) is 1. The van der Waals surface area contributed by atoms with E-state index in [0.717, 1.165) is 12.6 Å². The van der Waals surface area contributed by atoms with Gasteiger partial charge in [0, 0.05) is 43.7 Å². The fraction of sp³-hybridized carbons (Fsp3) is 0.588. The number of fused-ring (bicyclic) bond motifs is 1. The third kappa shape index (κ3) is 2.79. The number of nitrogens with one attached hydrogen (secondary N) is 3. The molecule has 4 rings (SSSR count). The first-order valence-corrected chi connectivity index (χ1v) is 8.65. The average molecular weight is 348 g/mol. The number of carbonyl (C=O) groups is 3. The maximum atomic E-state index is 13.1. The van der Waals surface area contributed by atoms with E-state index < -0.39 is 11.9 Å². The van der Waals surface area contributed by atoms with Crippen LogP contribution in [0.1, 0.15) is 30.3 Å². The van der Waals surface area contributed by atoms with Crippen LogP contribution < -0.4 is 10.6 Å². The Kier molecular flexibility index (Phi) is 3.77. The van der Waals surface area contributed by atoms with Crippen LogP contribution in [0.3, 0.4) is 0 Å². The third-order valence-corrected chi connectivity index (χ3v) is 5.73. The highest BCUT2D eigenvalue weighted by Crippen LogP contribution is 2.41. The van der Waals surface area contributed by atoms with E-state index in [-0.39, 0.29) is 41.3 Å². The number of likely N-dealkylation sites (tertiary alicyclic amines) is 1. The van der Waals surface area contributed by atoms with E-state index in [1.807, 2.05) is 6.92 Å². The van der Waals surface area contributed by atoms with Gasteiger partial charge in [0.15, 0.2) is 0 Å². The largest absolute Gasteiger partial charge is 0.355 e. The van der Waals surface area contributed by atoms with Crippen LogP contribution in [0.25, 0.3) is 0 Å². The minimum absolute atomic E-state index is 0.00666. The van der Waals surface area contributed by atoms with Crippen molar-refractivity contribution in [1.29, 1.82) is 0 Å². The lowest BCUT2D eigenvalue weighted by atomic mass is 9.71. The van der Waals surface area contributed by atoms with E-state index in [4.69, 9.17) is 0 Å². The number of amides is 3. The van der Waals surface area contributed by atoms with Crippen molar-refractivity contribution in [2.75, 3.05) is 13.1 Å². The molecular weight excluding hydrogens is 327 g/mol. The molecule has 0 radical (unpaired) electrons. The summed E-state index contributed by atoms with van der Waals surface area (Å²) in [6.07, 6.45) is 2.37. The molecule has 25 heavy (non-hydrogen) atoms. The predicted molar refractivity (Wildman–Crippen MR) is 85.9 cm³/mol. The van der Waals surface area contributed by atoms with Gasteiger partial charge in [0.1, 0.15) is 17.6 Å². The lowest BCUT2D eigenvalue weighted by Crippen LogP contribution is -2.56. The summed E-state index contributed by atoms with van der Waals surface area (Å²) in [6.45, 7) is 3.08. The molecule has 2 saturated heterocycles. The molecule has 3 heterocycles. The lowest BCUT2D eigenvalue weighted by molar-refractivity contribution is -0.127. The molecule has 1 aliphatic carbocycles. The van der Waals surface area contributed by atoms with Crippen LogP contribution in [0.2, 0.25) is 0 Å². The molecule has 0 bridgehead atoms. The smallest absolute Gasteiger partial charge is 0.270 e. The second-order valence-electron chi connectivity index (χ2n) is 7.44. The Morgan fingerprint density at radius 1 is 1.36 bits per heavy atom. The second kappa shape index (κ2) is 5.86. The van der Waals surface area contributed by atoms with Crippen molar-refractivity contribution in [2.45, 2.75) is 31.8 Å². The minimum Gasteiger partial charge on any atom is -0.355 e. The number of hydrogen-bond acceptors (Lipinski definition) is 3. The summed E-state index contributed by atoms with van der Waals surface area (Å²) in [5.74, 6) is -0.311. The van der Waals surface area contributed by atoms with E-state index >= 15 is 0 Å². The van der Waals surface area contributed by atoms with E-state index in [9.17, 15) is 18.8 Å². The molecule has 7 nitrogen and oxygen atoms in total. The number of carbonyl (C=O) groups excluding carboxylic acids is 3. The van der Waals surface area contributed by atoms with Gasteiger partial charge in [0.05, 0.1) is 0 Å². The van der Waals surface area contributed by atoms with Crippen molar-refractivity contribution in [3.63, 3.8) is 0 Å². The van der Waals surface area contributed by atoms with Crippen LogP contribution in [0.15, 0.2) is 12.3 Å². The summed E-state index contributed by atoms with van der Waals surface area (Å²) < 4.78 is 13.1. The number of halogens is 1. The SMILES string of the molecule is CC1CC(=O)NC1C(=O)NC1CC2CN(C(=O)c3cc(F)c[nH]3)CC21. The molecule has 2 aliphatic heterocycles. The van der Waals surface area contributed by atoms with E-state index in [0.29, 0.717) is 25.4 Å². The predicted octanol–water partition coefficient (Wildman–Crippen LogP) is 0.255. The molecule has 3 fully saturated rings. The van der Waals surface area contributed by atoms with Crippen LogP contribution in [-0.4, -0.2) is 52.8 Å². The van der Waals surface area contributed by atoms with Crippen molar-refractivity contribution < 1.29 is 18.8 Å². The summed E-state index contributed by atoms with van der Waals surface area (Å²) in [4.78, 5) is 40.5. The van der Waals surface area contributed by atoms with Crippen molar-refractivity contribution >= 4 is 17.7 Å². The molecule has 3 amide bonds. The van der Waals surface area contributed by atoms with Crippen LogP contribution in [0, 0.1) is 23.6 Å². The van der Waals surface area contributed by atoms with Crippen LogP contribution >= 0.6 is 0 Å². The van der Waals surface area contributed by atoms with Crippen LogP contribution in [-0.2, 0) is 9.59 Å². The molecule has 0 spiro atoms. The van der Waals surface area contributed by atoms with Gasteiger partial charge in [-0.05, 0) is 18.3 Å². The van der Waals surface area contributed by atoms with Gasteiger partial charge in [-0.15, -0.1) is 0 Å². The zero-order valence-corrected chi connectivity index (χ0v) is 13.9. The van der Waals surface area contributed by atoms with Crippen molar-refractivity contribution in [2.24, 2.45) is 17.8 Å². The van der Waals surface area contributed by atoms with Gasteiger partial charge in [-0.25, -0.2) is 4.39 Å². The van der Waals surface area contributed by atoms with Gasteiger partial charge in [-0.3, -0.25) is 14.4 Å². The zero-order valence-electron chi connectivity index (χ0n) is 13.9. The van der Waals surface area contributed by atoms with Crippen LogP contribution in [0.5, 0.6) is 0 Å². The second-order valence-corrected chi connectivity index (χ2v) is 7.44. The topological polar surface area (TPSA) is 94.3 Å². The monoisotopic (exact) mass is 348 g/mol.